The van der Waals surface area contributed by atoms with Crippen LogP contribution in [0.1, 0.15) is 78.1 Å². The zero-order chi connectivity index (χ0) is 14.4. The maximum atomic E-state index is 5.39. The molecule has 0 aromatic carbocycles. The van der Waals surface area contributed by atoms with Crippen LogP contribution in [0.15, 0.2) is 0 Å². The summed E-state index contributed by atoms with van der Waals surface area (Å²) in [7, 11) is 3.60. The zero-order valence-corrected chi connectivity index (χ0v) is 13.8. The van der Waals surface area contributed by atoms with Gasteiger partial charge in [-0.3, -0.25) is 0 Å². The van der Waals surface area contributed by atoms with E-state index in [1.54, 1.807) is 14.2 Å². The molecule has 2 heteroatoms. The van der Waals surface area contributed by atoms with Crippen LogP contribution in [0.4, 0.5) is 0 Å². The summed E-state index contributed by atoms with van der Waals surface area (Å²) in [6.45, 7) is 6.18. The van der Waals surface area contributed by atoms with E-state index in [1.165, 1.54) is 57.8 Å². The van der Waals surface area contributed by atoms with Crippen molar-refractivity contribution < 1.29 is 9.47 Å². The molecule has 0 amide bonds. The third kappa shape index (κ3) is 9.45. The van der Waals surface area contributed by atoms with E-state index >= 15 is 0 Å². The van der Waals surface area contributed by atoms with E-state index < -0.39 is 0 Å². The lowest BCUT2D eigenvalue weighted by Gasteiger charge is -2.31. The summed E-state index contributed by atoms with van der Waals surface area (Å²) in [6, 6.07) is 0. The van der Waals surface area contributed by atoms with Crippen molar-refractivity contribution in [1.82, 2.24) is 0 Å². The first-order chi connectivity index (χ1) is 9.24. The van der Waals surface area contributed by atoms with Crippen molar-refractivity contribution in [2.45, 2.75) is 78.1 Å². The van der Waals surface area contributed by atoms with Crippen molar-refractivity contribution in [3.05, 3.63) is 0 Å². The lowest BCUT2D eigenvalue weighted by molar-refractivity contribution is 0.000193. The Morgan fingerprint density at radius 3 is 1.58 bits per heavy atom. The Hall–Kier alpha value is -0.0800. The van der Waals surface area contributed by atoms with Gasteiger partial charge in [0.2, 0.25) is 0 Å². The molecular formula is C17H36O2. The van der Waals surface area contributed by atoms with Gasteiger partial charge in [0, 0.05) is 19.6 Å². The van der Waals surface area contributed by atoms with Gasteiger partial charge in [0.1, 0.15) is 0 Å². The van der Waals surface area contributed by atoms with Crippen LogP contribution in [-0.4, -0.2) is 27.4 Å². The average Bonchev–Trinajstić information content (AvgIpc) is 2.42. The van der Waals surface area contributed by atoms with Gasteiger partial charge in [0.05, 0.1) is 13.2 Å². The van der Waals surface area contributed by atoms with E-state index in [2.05, 4.69) is 13.8 Å². The molecule has 116 valence electrons. The number of hydrogen-bond donors (Lipinski definition) is 0. The fourth-order valence-electron chi connectivity index (χ4n) is 2.81. The highest BCUT2D eigenvalue weighted by Gasteiger charge is 2.27. The van der Waals surface area contributed by atoms with Crippen molar-refractivity contribution in [2.75, 3.05) is 27.4 Å². The molecule has 0 aliphatic carbocycles. The summed E-state index contributed by atoms with van der Waals surface area (Å²) in [5.74, 6) is 0. The Bertz CT molecular complexity index is 174. The van der Waals surface area contributed by atoms with Crippen LogP contribution in [0.2, 0.25) is 0 Å². The summed E-state index contributed by atoms with van der Waals surface area (Å²) < 4.78 is 10.8. The first-order valence-corrected chi connectivity index (χ1v) is 8.22. The van der Waals surface area contributed by atoms with Gasteiger partial charge in [-0.1, -0.05) is 65.2 Å². The van der Waals surface area contributed by atoms with Crippen LogP contribution < -0.4 is 0 Å². The van der Waals surface area contributed by atoms with E-state index in [1.807, 2.05) is 0 Å². The van der Waals surface area contributed by atoms with Crippen LogP contribution in [0.5, 0.6) is 0 Å². The normalized spacial score (nSPS) is 12.0. The van der Waals surface area contributed by atoms with Crippen LogP contribution in [0, 0.1) is 5.41 Å². The molecule has 0 rings (SSSR count). The average molecular weight is 272 g/mol. The van der Waals surface area contributed by atoms with Crippen LogP contribution >= 0.6 is 0 Å². The van der Waals surface area contributed by atoms with Gasteiger partial charge in [-0.25, -0.2) is 0 Å². The Morgan fingerprint density at radius 1 is 0.684 bits per heavy atom. The van der Waals surface area contributed by atoms with E-state index in [-0.39, 0.29) is 5.41 Å². The third-order valence-corrected chi connectivity index (χ3v) is 4.21. The Balaban J connectivity index is 3.68. The van der Waals surface area contributed by atoms with E-state index in [4.69, 9.17) is 9.47 Å². The molecule has 0 atom stereocenters. The zero-order valence-electron chi connectivity index (χ0n) is 13.8. The van der Waals surface area contributed by atoms with Crippen molar-refractivity contribution in [2.24, 2.45) is 5.41 Å². The van der Waals surface area contributed by atoms with Crippen LogP contribution in [0.3, 0.4) is 0 Å². The van der Waals surface area contributed by atoms with Crippen LogP contribution in [-0.2, 0) is 9.47 Å². The highest BCUT2D eigenvalue weighted by molar-refractivity contribution is 4.77. The van der Waals surface area contributed by atoms with Gasteiger partial charge in [0.25, 0.3) is 0 Å². The topological polar surface area (TPSA) is 18.5 Å². The summed E-state index contributed by atoms with van der Waals surface area (Å²) in [4.78, 5) is 0. The first kappa shape index (κ1) is 18.9. The summed E-state index contributed by atoms with van der Waals surface area (Å²) >= 11 is 0. The Kier molecular flexibility index (Phi) is 12.9. The lowest BCUT2D eigenvalue weighted by atomic mass is 9.81. The summed E-state index contributed by atoms with van der Waals surface area (Å²) in [5, 5.41) is 0. The van der Waals surface area contributed by atoms with Gasteiger partial charge in [-0.15, -0.1) is 0 Å². The summed E-state index contributed by atoms with van der Waals surface area (Å²) in [5.41, 5.74) is 0.242. The number of rotatable bonds is 14. The number of methoxy groups -OCH3 is 2. The minimum atomic E-state index is 0.242. The van der Waals surface area contributed by atoms with Gasteiger partial charge < -0.3 is 9.47 Å². The standard InChI is InChI=1S/C17H36O2/c1-5-7-8-9-10-11-12-13-14-17(6-2,15-18-3)16-19-4/h5-16H2,1-4H3. The predicted octanol–water partition coefficient (Wildman–Crippen LogP) is 5.21. The molecule has 0 N–H and O–H groups in total. The second kappa shape index (κ2) is 12.9. The molecule has 0 spiro atoms. The highest BCUT2D eigenvalue weighted by Crippen LogP contribution is 2.30. The van der Waals surface area contributed by atoms with Crippen molar-refractivity contribution in [3.63, 3.8) is 0 Å². The maximum absolute atomic E-state index is 5.39. The summed E-state index contributed by atoms with van der Waals surface area (Å²) in [6.07, 6.45) is 13.4. The molecule has 19 heavy (non-hydrogen) atoms. The molecule has 0 aromatic heterocycles. The number of hydrogen-bond acceptors (Lipinski definition) is 2. The molecule has 2 nitrogen and oxygen atoms in total. The lowest BCUT2D eigenvalue weighted by Crippen LogP contribution is -2.31. The smallest absolute Gasteiger partial charge is 0.0540 e. The Morgan fingerprint density at radius 2 is 1.16 bits per heavy atom. The largest absolute Gasteiger partial charge is 0.384 e. The van der Waals surface area contributed by atoms with E-state index in [9.17, 15) is 0 Å². The first-order valence-electron chi connectivity index (χ1n) is 8.22. The molecule has 0 saturated carbocycles. The van der Waals surface area contributed by atoms with Crippen molar-refractivity contribution in [3.8, 4) is 0 Å². The van der Waals surface area contributed by atoms with Crippen molar-refractivity contribution in [1.29, 1.82) is 0 Å². The predicted molar refractivity (Wildman–Crippen MR) is 83.7 cm³/mol. The quantitative estimate of drug-likeness (QED) is 0.404. The van der Waals surface area contributed by atoms with Gasteiger partial charge in [0.15, 0.2) is 0 Å². The second-order valence-electron chi connectivity index (χ2n) is 5.94. The van der Waals surface area contributed by atoms with Crippen molar-refractivity contribution >= 4 is 0 Å². The monoisotopic (exact) mass is 272 g/mol. The number of unbranched alkanes of at least 4 members (excludes halogenated alkanes) is 7. The minimum absolute atomic E-state index is 0.242. The highest BCUT2D eigenvalue weighted by atomic mass is 16.5. The molecule has 0 radical (unpaired) electrons. The van der Waals surface area contributed by atoms with Gasteiger partial charge >= 0.3 is 0 Å². The SMILES string of the molecule is CCCCCCCCCCC(CC)(COC)COC. The second-order valence-corrected chi connectivity index (χ2v) is 5.94. The third-order valence-electron chi connectivity index (χ3n) is 4.21. The fraction of sp³-hybridized carbons (Fsp3) is 1.00. The molecule has 0 bridgehead atoms. The number of ether oxygens (including phenoxy) is 2. The molecule has 0 aromatic rings. The fourth-order valence-corrected chi connectivity index (χ4v) is 2.81. The van der Waals surface area contributed by atoms with Gasteiger partial charge in [-0.2, -0.15) is 0 Å². The molecule has 0 heterocycles. The molecule has 0 saturated heterocycles. The van der Waals surface area contributed by atoms with E-state index in [0.29, 0.717) is 0 Å². The van der Waals surface area contributed by atoms with Gasteiger partial charge in [-0.05, 0) is 12.8 Å². The maximum Gasteiger partial charge on any atom is 0.0540 e. The molecule has 0 unspecified atom stereocenters. The molecular weight excluding hydrogens is 236 g/mol. The minimum Gasteiger partial charge on any atom is -0.384 e. The molecule has 0 fully saturated rings. The van der Waals surface area contributed by atoms with E-state index in [0.717, 1.165) is 19.6 Å². The molecule has 0 aliphatic rings. The van der Waals surface area contributed by atoms with Crippen LogP contribution in [0.25, 0.3) is 0 Å². The molecule has 0 aliphatic heterocycles. The Labute approximate surface area is 121 Å².